The number of nitrogens with two attached hydrogens (primary N) is 1. The van der Waals surface area contributed by atoms with E-state index < -0.39 is 12.1 Å². The summed E-state index contributed by atoms with van der Waals surface area (Å²) >= 11 is 0. The Morgan fingerprint density at radius 2 is 2.04 bits per heavy atom. The molecule has 7 nitrogen and oxygen atoms in total. The second-order valence-electron chi connectivity index (χ2n) is 6.90. The predicted octanol–water partition coefficient (Wildman–Crippen LogP) is 0.231. The number of hydrogen-bond donors (Lipinski definition) is 3. The lowest BCUT2D eigenvalue weighted by atomic mass is 10.0. The van der Waals surface area contributed by atoms with E-state index in [0.717, 1.165) is 18.3 Å². The fourth-order valence-corrected chi connectivity index (χ4v) is 3.44. The van der Waals surface area contributed by atoms with Crippen molar-refractivity contribution in [3.05, 3.63) is 35.9 Å². The summed E-state index contributed by atoms with van der Waals surface area (Å²) in [6.07, 6.45) is 3.92. The van der Waals surface area contributed by atoms with Crippen LogP contribution in [0.1, 0.15) is 31.2 Å². The van der Waals surface area contributed by atoms with Crippen molar-refractivity contribution < 1.29 is 14.4 Å². The van der Waals surface area contributed by atoms with Gasteiger partial charge in [0.25, 0.3) is 0 Å². The van der Waals surface area contributed by atoms with Crippen LogP contribution in [0.25, 0.3) is 0 Å². The first kappa shape index (κ1) is 21.1. The topological polar surface area (TPSA) is 105 Å². The SMILES string of the molecule is CN[C@@H](Cc1ccccc1)C(=O)N[C@@H](CCCN)C(=O)N1CCC[C@H]1C=O. The second-order valence-corrected chi connectivity index (χ2v) is 6.90. The third-order valence-electron chi connectivity index (χ3n) is 5.00. The first-order valence-corrected chi connectivity index (χ1v) is 9.58. The smallest absolute Gasteiger partial charge is 0.245 e. The molecule has 27 heavy (non-hydrogen) atoms. The Bertz CT molecular complexity index is 623. The van der Waals surface area contributed by atoms with E-state index >= 15 is 0 Å². The van der Waals surface area contributed by atoms with Crippen molar-refractivity contribution in [3.8, 4) is 0 Å². The van der Waals surface area contributed by atoms with Gasteiger partial charge in [-0.05, 0) is 51.3 Å². The molecule has 1 fully saturated rings. The van der Waals surface area contributed by atoms with E-state index in [1.807, 2.05) is 30.3 Å². The highest BCUT2D eigenvalue weighted by molar-refractivity contribution is 5.91. The van der Waals surface area contributed by atoms with Crippen molar-refractivity contribution in [1.82, 2.24) is 15.5 Å². The van der Waals surface area contributed by atoms with Gasteiger partial charge in [-0.2, -0.15) is 0 Å². The van der Waals surface area contributed by atoms with Crippen LogP contribution in [-0.4, -0.2) is 61.3 Å². The Balaban J connectivity index is 2.05. The summed E-state index contributed by atoms with van der Waals surface area (Å²) in [6, 6.07) is 8.23. The van der Waals surface area contributed by atoms with E-state index in [-0.39, 0.29) is 17.9 Å². The Kier molecular flexibility index (Phi) is 8.42. The Hall–Kier alpha value is -2.25. The molecular weight excluding hydrogens is 344 g/mol. The van der Waals surface area contributed by atoms with Crippen LogP contribution in [0.15, 0.2) is 30.3 Å². The minimum Gasteiger partial charge on any atom is -0.343 e. The average Bonchev–Trinajstić information content (AvgIpc) is 3.18. The number of amides is 2. The molecule has 4 N–H and O–H groups in total. The number of carbonyl (C=O) groups excluding carboxylic acids is 3. The summed E-state index contributed by atoms with van der Waals surface area (Å²) in [6.45, 7) is 0.993. The van der Waals surface area contributed by atoms with Gasteiger partial charge in [0.1, 0.15) is 12.3 Å². The number of likely N-dealkylation sites (tertiary alicyclic amines) is 1. The van der Waals surface area contributed by atoms with Crippen LogP contribution in [0, 0.1) is 0 Å². The fraction of sp³-hybridized carbons (Fsp3) is 0.550. The van der Waals surface area contributed by atoms with Crippen molar-refractivity contribution in [2.75, 3.05) is 20.1 Å². The van der Waals surface area contributed by atoms with Gasteiger partial charge < -0.3 is 26.1 Å². The monoisotopic (exact) mass is 374 g/mol. The summed E-state index contributed by atoms with van der Waals surface area (Å²) in [5, 5.41) is 5.90. The van der Waals surface area contributed by atoms with Gasteiger partial charge in [-0.1, -0.05) is 30.3 Å². The van der Waals surface area contributed by atoms with Crippen LogP contribution in [0.5, 0.6) is 0 Å². The molecule has 2 amide bonds. The Labute approximate surface area is 160 Å². The summed E-state index contributed by atoms with van der Waals surface area (Å²) in [5.41, 5.74) is 6.64. The lowest BCUT2D eigenvalue weighted by Crippen LogP contribution is -2.54. The van der Waals surface area contributed by atoms with Crippen molar-refractivity contribution >= 4 is 18.1 Å². The van der Waals surface area contributed by atoms with Crippen molar-refractivity contribution in [1.29, 1.82) is 0 Å². The summed E-state index contributed by atoms with van der Waals surface area (Å²) in [4.78, 5) is 38.5. The quantitative estimate of drug-likeness (QED) is 0.509. The molecule has 0 bridgehead atoms. The zero-order chi connectivity index (χ0) is 19.6. The van der Waals surface area contributed by atoms with E-state index in [9.17, 15) is 14.4 Å². The summed E-state index contributed by atoms with van der Waals surface area (Å²) in [5.74, 6) is -0.417. The number of benzene rings is 1. The minimum atomic E-state index is -0.659. The Morgan fingerprint density at radius 3 is 2.67 bits per heavy atom. The van der Waals surface area contributed by atoms with E-state index in [1.165, 1.54) is 0 Å². The number of likely N-dealkylation sites (N-methyl/N-ethyl adjacent to an activating group) is 1. The zero-order valence-electron chi connectivity index (χ0n) is 15.9. The maximum atomic E-state index is 12.9. The van der Waals surface area contributed by atoms with Crippen molar-refractivity contribution in [2.24, 2.45) is 5.73 Å². The molecule has 0 saturated carbocycles. The van der Waals surface area contributed by atoms with Crippen molar-refractivity contribution in [2.45, 2.75) is 50.2 Å². The average molecular weight is 374 g/mol. The van der Waals surface area contributed by atoms with Crippen LogP contribution in [0.2, 0.25) is 0 Å². The number of carbonyl (C=O) groups is 3. The van der Waals surface area contributed by atoms with Crippen molar-refractivity contribution in [3.63, 3.8) is 0 Å². The number of rotatable bonds is 10. The molecule has 0 unspecified atom stereocenters. The number of nitrogens with zero attached hydrogens (tertiary/aromatic N) is 1. The van der Waals surface area contributed by atoms with E-state index in [4.69, 9.17) is 5.73 Å². The largest absolute Gasteiger partial charge is 0.343 e. The molecular formula is C20H30N4O3. The van der Waals surface area contributed by atoms with Gasteiger partial charge in [-0.15, -0.1) is 0 Å². The lowest BCUT2D eigenvalue weighted by Gasteiger charge is -2.28. The third kappa shape index (κ3) is 5.87. The molecule has 1 saturated heterocycles. The van der Waals surface area contributed by atoms with Gasteiger partial charge in [-0.3, -0.25) is 9.59 Å². The molecule has 0 aliphatic carbocycles. The van der Waals surface area contributed by atoms with Gasteiger partial charge >= 0.3 is 0 Å². The van der Waals surface area contributed by atoms with Crippen LogP contribution in [0.4, 0.5) is 0 Å². The normalized spacial score (nSPS) is 18.7. The molecule has 1 aliphatic heterocycles. The van der Waals surface area contributed by atoms with E-state index in [0.29, 0.717) is 38.8 Å². The van der Waals surface area contributed by atoms with Gasteiger partial charge in [0.2, 0.25) is 11.8 Å². The summed E-state index contributed by atoms with van der Waals surface area (Å²) < 4.78 is 0. The maximum absolute atomic E-state index is 12.9. The molecule has 0 radical (unpaired) electrons. The van der Waals surface area contributed by atoms with Gasteiger partial charge in [-0.25, -0.2) is 0 Å². The maximum Gasteiger partial charge on any atom is 0.245 e. The molecule has 3 atom stereocenters. The van der Waals surface area contributed by atoms with Gasteiger partial charge in [0, 0.05) is 6.54 Å². The highest BCUT2D eigenvalue weighted by atomic mass is 16.2. The van der Waals surface area contributed by atoms with Gasteiger partial charge in [0.05, 0.1) is 12.1 Å². The summed E-state index contributed by atoms with van der Waals surface area (Å²) in [7, 11) is 1.73. The fourth-order valence-electron chi connectivity index (χ4n) is 3.44. The van der Waals surface area contributed by atoms with Crippen LogP contribution < -0.4 is 16.4 Å². The molecule has 1 heterocycles. The molecule has 1 aliphatic rings. The van der Waals surface area contributed by atoms with E-state index in [2.05, 4.69) is 10.6 Å². The standard InChI is InChI=1S/C20H30N4O3/c1-22-18(13-15-7-3-2-4-8-15)19(26)23-17(10-5-11-21)20(27)24-12-6-9-16(24)14-25/h2-4,7-8,14,16-18,22H,5-6,9-13,21H2,1H3,(H,23,26)/t16-,17-,18-/m0/s1. The van der Waals surface area contributed by atoms with Crippen LogP contribution >= 0.6 is 0 Å². The predicted molar refractivity (Wildman–Crippen MR) is 104 cm³/mol. The zero-order valence-corrected chi connectivity index (χ0v) is 15.9. The third-order valence-corrected chi connectivity index (χ3v) is 5.00. The lowest BCUT2D eigenvalue weighted by molar-refractivity contribution is -0.139. The molecule has 148 valence electrons. The van der Waals surface area contributed by atoms with E-state index in [1.54, 1.807) is 11.9 Å². The van der Waals surface area contributed by atoms with Crippen LogP contribution in [0.3, 0.4) is 0 Å². The number of hydrogen-bond acceptors (Lipinski definition) is 5. The molecule has 0 aromatic heterocycles. The first-order chi connectivity index (χ1) is 13.1. The number of nitrogens with one attached hydrogen (secondary N) is 2. The van der Waals surface area contributed by atoms with Gasteiger partial charge in [0.15, 0.2) is 0 Å². The minimum absolute atomic E-state index is 0.194. The molecule has 1 aromatic carbocycles. The highest BCUT2D eigenvalue weighted by Gasteiger charge is 2.34. The molecule has 1 aromatic rings. The number of aldehydes is 1. The molecule has 0 spiro atoms. The van der Waals surface area contributed by atoms with Crippen LogP contribution in [-0.2, 0) is 20.8 Å². The molecule has 2 rings (SSSR count). The molecule has 7 heteroatoms. The Morgan fingerprint density at radius 1 is 1.30 bits per heavy atom. The highest BCUT2D eigenvalue weighted by Crippen LogP contribution is 2.18. The first-order valence-electron chi connectivity index (χ1n) is 9.58. The second kappa shape index (κ2) is 10.8.